The summed E-state index contributed by atoms with van der Waals surface area (Å²) in [5.41, 5.74) is 0.832. The highest BCUT2D eigenvalue weighted by Crippen LogP contribution is 2.25. The van der Waals surface area contributed by atoms with Crippen molar-refractivity contribution in [1.82, 2.24) is 15.2 Å². The summed E-state index contributed by atoms with van der Waals surface area (Å²) in [5, 5.41) is 12.5. The maximum Gasteiger partial charge on any atom is 0.205 e. The van der Waals surface area contributed by atoms with Gasteiger partial charge in [-0.15, -0.1) is 10.2 Å². The van der Waals surface area contributed by atoms with Crippen LogP contribution in [-0.2, 0) is 0 Å². The zero-order valence-electron chi connectivity index (χ0n) is 7.36. The van der Waals surface area contributed by atoms with E-state index in [1.54, 1.807) is 6.20 Å². The zero-order valence-corrected chi connectivity index (χ0v) is 9.76. The van der Waals surface area contributed by atoms with Crippen LogP contribution in [0.25, 0.3) is 10.7 Å². The average molecular weight is 271 g/mol. The van der Waals surface area contributed by atoms with E-state index in [2.05, 4.69) is 36.4 Å². The highest BCUT2D eigenvalue weighted by molar-refractivity contribution is 9.10. The molecular formula is C8H7BrN4S. The van der Waals surface area contributed by atoms with Crippen molar-refractivity contribution >= 4 is 32.4 Å². The van der Waals surface area contributed by atoms with Crippen molar-refractivity contribution in [3.8, 4) is 10.7 Å². The molecule has 2 heterocycles. The smallest absolute Gasteiger partial charge is 0.205 e. The Balaban J connectivity index is 2.39. The normalized spacial score (nSPS) is 10.1. The molecule has 0 unspecified atom stereocenters. The number of anilines is 1. The Morgan fingerprint density at radius 1 is 1.43 bits per heavy atom. The van der Waals surface area contributed by atoms with Gasteiger partial charge < -0.3 is 5.32 Å². The van der Waals surface area contributed by atoms with Crippen molar-refractivity contribution in [2.45, 2.75) is 0 Å². The molecule has 0 bridgehead atoms. The van der Waals surface area contributed by atoms with E-state index in [4.69, 9.17) is 0 Å². The first-order valence-electron chi connectivity index (χ1n) is 3.93. The Hall–Kier alpha value is -1.01. The van der Waals surface area contributed by atoms with Gasteiger partial charge in [-0.3, -0.25) is 4.98 Å². The van der Waals surface area contributed by atoms with Gasteiger partial charge in [-0.2, -0.15) is 0 Å². The fraction of sp³-hybridized carbons (Fsp3) is 0.125. The second kappa shape index (κ2) is 4.02. The topological polar surface area (TPSA) is 50.7 Å². The molecule has 0 aliphatic rings. The van der Waals surface area contributed by atoms with Crippen molar-refractivity contribution in [3.05, 3.63) is 22.8 Å². The van der Waals surface area contributed by atoms with Crippen molar-refractivity contribution in [1.29, 1.82) is 0 Å². The second-order valence-electron chi connectivity index (χ2n) is 2.52. The lowest BCUT2D eigenvalue weighted by molar-refractivity contribution is 1.08. The van der Waals surface area contributed by atoms with Crippen LogP contribution < -0.4 is 5.32 Å². The molecule has 0 aliphatic carbocycles. The molecule has 1 N–H and O–H groups in total. The van der Waals surface area contributed by atoms with Gasteiger partial charge in [0, 0.05) is 17.7 Å². The Morgan fingerprint density at radius 3 is 2.93 bits per heavy atom. The third-order valence-corrected chi connectivity index (χ3v) is 3.04. The van der Waals surface area contributed by atoms with Crippen molar-refractivity contribution in [2.24, 2.45) is 0 Å². The van der Waals surface area contributed by atoms with Crippen LogP contribution in [0.2, 0.25) is 0 Å². The quantitative estimate of drug-likeness (QED) is 0.911. The Labute approximate surface area is 93.5 Å². The molecule has 0 spiro atoms. The standard InChI is InChI=1S/C8H7BrN4S/c1-10-8-13-12-7(14-8)6-4-5(9)2-3-11-6/h2-4H,1H3,(H,10,13). The summed E-state index contributed by atoms with van der Waals surface area (Å²) in [6.45, 7) is 0. The van der Waals surface area contributed by atoms with Gasteiger partial charge in [-0.1, -0.05) is 27.3 Å². The molecule has 14 heavy (non-hydrogen) atoms. The molecule has 2 aromatic rings. The molecule has 0 fully saturated rings. The number of aromatic nitrogens is 3. The summed E-state index contributed by atoms with van der Waals surface area (Å²) >= 11 is 4.86. The SMILES string of the molecule is CNc1nnc(-c2cc(Br)ccn2)s1. The second-order valence-corrected chi connectivity index (χ2v) is 4.41. The number of pyridine rings is 1. The highest BCUT2D eigenvalue weighted by atomic mass is 79.9. The van der Waals surface area contributed by atoms with Crippen LogP contribution in [0.1, 0.15) is 0 Å². The predicted octanol–water partition coefficient (Wildman–Crippen LogP) is 2.40. The number of halogens is 1. The highest BCUT2D eigenvalue weighted by Gasteiger charge is 2.06. The fourth-order valence-electron chi connectivity index (χ4n) is 0.949. The van der Waals surface area contributed by atoms with E-state index in [9.17, 15) is 0 Å². The first-order valence-corrected chi connectivity index (χ1v) is 5.54. The minimum atomic E-state index is 0.793. The van der Waals surface area contributed by atoms with Gasteiger partial charge in [-0.25, -0.2) is 0 Å². The number of hydrogen-bond acceptors (Lipinski definition) is 5. The summed E-state index contributed by atoms with van der Waals surface area (Å²) in [4.78, 5) is 4.21. The van der Waals surface area contributed by atoms with Gasteiger partial charge in [0.15, 0.2) is 5.01 Å². The van der Waals surface area contributed by atoms with Gasteiger partial charge in [0.2, 0.25) is 5.13 Å². The maximum atomic E-state index is 4.21. The molecule has 2 aromatic heterocycles. The molecule has 0 radical (unpaired) electrons. The van der Waals surface area contributed by atoms with Gasteiger partial charge in [0.1, 0.15) is 5.69 Å². The van der Waals surface area contributed by atoms with Crippen molar-refractivity contribution < 1.29 is 0 Å². The number of nitrogens with one attached hydrogen (secondary N) is 1. The average Bonchev–Trinajstić information content (AvgIpc) is 2.66. The number of rotatable bonds is 2. The summed E-state index contributed by atoms with van der Waals surface area (Å²) in [6.07, 6.45) is 1.74. The van der Waals surface area contributed by atoms with Crippen LogP contribution >= 0.6 is 27.3 Å². The third kappa shape index (κ3) is 1.91. The molecule has 4 nitrogen and oxygen atoms in total. The number of hydrogen-bond donors (Lipinski definition) is 1. The molecule has 0 amide bonds. The molecule has 0 aliphatic heterocycles. The van der Waals surface area contributed by atoms with E-state index < -0.39 is 0 Å². The van der Waals surface area contributed by atoms with Crippen LogP contribution in [0, 0.1) is 0 Å². The van der Waals surface area contributed by atoms with Crippen LogP contribution in [-0.4, -0.2) is 22.2 Å². The summed E-state index contributed by atoms with van der Waals surface area (Å²) < 4.78 is 0.990. The molecule has 0 saturated carbocycles. The van der Waals surface area contributed by atoms with Gasteiger partial charge in [0.05, 0.1) is 0 Å². The molecule has 2 rings (SSSR count). The molecule has 6 heteroatoms. The Kier molecular flexibility index (Phi) is 2.74. The Bertz CT molecular complexity index is 442. The molecule has 0 aromatic carbocycles. The van der Waals surface area contributed by atoms with E-state index in [1.165, 1.54) is 11.3 Å². The molecule has 0 saturated heterocycles. The minimum Gasteiger partial charge on any atom is -0.363 e. The lowest BCUT2D eigenvalue weighted by Crippen LogP contribution is -1.84. The van der Waals surface area contributed by atoms with Crippen molar-refractivity contribution in [3.63, 3.8) is 0 Å². The van der Waals surface area contributed by atoms with Gasteiger partial charge in [-0.05, 0) is 12.1 Å². The molecule has 72 valence electrons. The zero-order chi connectivity index (χ0) is 9.97. The summed E-state index contributed by atoms with van der Waals surface area (Å²) in [5.74, 6) is 0. The van der Waals surface area contributed by atoms with E-state index in [1.807, 2.05) is 19.2 Å². The predicted molar refractivity (Wildman–Crippen MR) is 60.4 cm³/mol. The maximum absolute atomic E-state index is 4.21. The van der Waals surface area contributed by atoms with Crippen LogP contribution in [0.5, 0.6) is 0 Å². The van der Waals surface area contributed by atoms with E-state index >= 15 is 0 Å². The first-order chi connectivity index (χ1) is 6.79. The summed E-state index contributed by atoms with van der Waals surface area (Å²) in [6, 6.07) is 3.80. The minimum absolute atomic E-state index is 0.793. The van der Waals surface area contributed by atoms with E-state index in [0.717, 1.165) is 20.3 Å². The van der Waals surface area contributed by atoms with Crippen LogP contribution in [0.4, 0.5) is 5.13 Å². The molecular weight excluding hydrogens is 264 g/mol. The summed E-state index contributed by atoms with van der Waals surface area (Å²) in [7, 11) is 1.82. The largest absolute Gasteiger partial charge is 0.363 e. The van der Waals surface area contributed by atoms with E-state index in [-0.39, 0.29) is 0 Å². The monoisotopic (exact) mass is 270 g/mol. The molecule has 0 atom stereocenters. The lowest BCUT2D eigenvalue weighted by Gasteiger charge is -1.93. The first kappa shape index (κ1) is 9.54. The third-order valence-electron chi connectivity index (χ3n) is 1.58. The van der Waals surface area contributed by atoms with Gasteiger partial charge >= 0.3 is 0 Å². The Morgan fingerprint density at radius 2 is 2.29 bits per heavy atom. The fourth-order valence-corrected chi connectivity index (χ4v) is 1.95. The lowest BCUT2D eigenvalue weighted by atomic mass is 10.4. The number of nitrogens with zero attached hydrogens (tertiary/aromatic N) is 3. The van der Waals surface area contributed by atoms with Crippen LogP contribution in [0.15, 0.2) is 22.8 Å². The van der Waals surface area contributed by atoms with Crippen molar-refractivity contribution in [2.75, 3.05) is 12.4 Å². The van der Waals surface area contributed by atoms with Gasteiger partial charge in [0.25, 0.3) is 0 Å². The van der Waals surface area contributed by atoms with Crippen LogP contribution in [0.3, 0.4) is 0 Å². The van der Waals surface area contributed by atoms with E-state index in [0.29, 0.717) is 0 Å².